The van der Waals surface area contributed by atoms with Gasteiger partial charge in [-0.25, -0.2) is 0 Å². The summed E-state index contributed by atoms with van der Waals surface area (Å²) in [6.07, 6.45) is 1.14. The normalized spacial score (nSPS) is 27.8. The monoisotopic (exact) mass is 191 g/mol. The van der Waals surface area contributed by atoms with Gasteiger partial charge in [0.05, 0.1) is 0 Å². The highest BCUT2D eigenvalue weighted by Gasteiger charge is 2.22. The van der Waals surface area contributed by atoms with E-state index in [1.54, 1.807) is 0 Å². The van der Waals surface area contributed by atoms with Crippen LogP contribution in [-0.4, -0.2) is 42.1 Å². The van der Waals surface area contributed by atoms with Gasteiger partial charge in [0.1, 0.15) is 0 Å². The van der Waals surface area contributed by atoms with Gasteiger partial charge in [-0.1, -0.05) is 6.92 Å². The Morgan fingerprint density at radius 3 is 2.92 bits per heavy atom. The van der Waals surface area contributed by atoms with Crippen LogP contribution in [0.25, 0.3) is 0 Å². The lowest BCUT2D eigenvalue weighted by atomic mass is 10.1. The van der Waals surface area contributed by atoms with Crippen LogP contribution in [0.15, 0.2) is 0 Å². The third-order valence-corrected chi connectivity index (χ3v) is 2.99. The summed E-state index contributed by atoms with van der Waals surface area (Å²) in [6, 6.07) is 0. The summed E-state index contributed by atoms with van der Waals surface area (Å²) in [4.78, 5) is 2.40. The number of alkyl halides is 1. The Bertz CT molecular complexity index is 132. The van der Waals surface area contributed by atoms with Crippen LogP contribution in [0, 0.1) is 11.8 Å². The SMILES string of the molecule is CC(CCl)CN1CCC(CO)C1. The van der Waals surface area contributed by atoms with E-state index in [2.05, 4.69) is 11.8 Å². The average Bonchev–Trinajstić information content (AvgIpc) is 2.52. The number of halogens is 1. The van der Waals surface area contributed by atoms with Crippen molar-refractivity contribution in [3.05, 3.63) is 0 Å². The highest BCUT2D eigenvalue weighted by molar-refractivity contribution is 6.18. The molecule has 0 spiro atoms. The van der Waals surface area contributed by atoms with Gasteiger partial charge in [-0.3, -0.25) is 0 Å². The first-order valence-electron chi connectivity index (χ1n) is 4.65. The minimum atomic E-state index is 0.339. The van der Waals surface area contributed by atoms with Crippen LogP contribution in [0.2, 0.25) is 0 Å². The van der Waals surface area contributed by atoms with Gasteiger partial charge in [-0.15, -0.1) is 11.6 Å². The molecule has 72 valence electrons. The third-order valence-electron chi connectivity index (χ3n) is 2.46. The molecule has 0 amide bonds. The lowest BCUT2D eigenvalue weighted by Crippen LogP contribution is -2.27. The Kier molecular flexibility index (Phi) is 4.33. The Morgan fingerprint density at radius 1 is 1.67 bits per heavy atom. The average molecular weight is 192 g/mol. The molecule has 0 radical (unpaired) electrons. The minimum absolute atomic E-state index is 0.339. The van der Waals surface area contributed by atoms with Crippen molar-refractivity contribution >= 4 is 11.6 Å². The van der Waals surface area contributed by atoms with E-state index in [1.807, 2.05) is 0 Å². The molecular weight excluding hydrogens is 174 g/mol. The number of nitrogens with zero attached hydrogens (tertiary/aromatic N) is 1. The van der Waals surface area contributed by atoms with Crippen LogP contribution in [0.4, 0.5) is 0 Å². The lowest BCUT2D eigenvalue weighted by molar-refractivity contribution is 0.216. The zero-order chi connectivity index (χ0) is 8.97. The van der Waals surface area contributed by atoms with Crippen LogP contribution < -0.4 is 0 Å². The van der Waals surface area contributed by atoms with E-state index in [0.717, 1.165) is 31.9 Å². The molecule has 1 aliphatic rings. The molecule has 2 unspecified atom stereocenters. The molecule has 0 aliphatic carbocycles. The fraction of sp³-hybridized carbons (Fsp3) is 1.00. The maximum atomic E-state index is 8.92. The summed E-state index contributed by atoms with van der Waals surface area (Å²) >= 11 is 5.72. The number of likely N-dealkylation sites (tertiary alicyclic amines) is 1. The smallest absolute Gasteiger partial charge is 0.0471 e. The van der Waals surface area contributed by atoms with E-state index in [1.165, 1.54) is 0 Å². The predicted molar refractivity (Wildman–Crippen MR) is 51.5 cm³/mol. The quantitative estimate of drug-likeness (QED) is 0.675. The van der Waals surface area contributed by atoms with Gasteiger partial charge >= 0.3 is 0 Å². The fourth-order valence-corrected chi connectivity index (χ4v) is 1.81. The van der Waals surface area contributed by atoms with Crippen molar-refractivity contribution in [2.75, 3.05) is 32.1 Å². The van der Waals surface area contributed by atoms with Gasteiger partial charge in [0.2, 0.25) is 0 Å². The minimum Gasteiger partial charge on any atom is -0.396 e. The summed E-state index contributed by atoms with van der Waals surface area (Å²) in [5, 5.41) is 8.92. The van der Waals surface area contributed by atoms with Crippen LogP contribution in [0.5, 0.6) is 0 Å². The summed E-state index contributed by atoms with van der Waals surface area (Å²) in [5.74, 6) is 1.82. The lowest BCUT2D eigenvalue weighted by Gasteiger charge is -2.18. The van der Waals surface area contributed by atoms with Gasteiger partial charge in [0, 0.05) is 25.6 Å². The van der Waals surface area contributed by atoms with Crippen molar-refractivity contribution in [2.24, 2.45) is 11.8 Å². The van der Waals surface area contributed by atoms with Gasteiger partial charge in [0.25, 0.3) is 0 Å². The predicted octanol–water partition coefficient (Wildman–Crippen LogP) is 1.18. The second-order valence-corrected chi connectivity index (χ2v) is 4.16. The van der Waals surface area contributed by atoms with E-state index >= 15 is 0 Å². The number of hydrogen-bond donors (Lipinski definition) is 1. The van der Waals surface area contributed by atoms with Crippen molar-refractivity contribution in [1.82, 2.24) is 4.90 Å². The Hall–Kier alpha value is 0.210. The van der Waals surface area contributed by atoms with E-state index in [9.17, 15) is 0 Å². The first-order chi connectivity index (χ1) is 5.76. The molecule has 1 N–H and O–H groups in total. The Balaban J connectivity index is 2.18. The van der Waals surface area contributed by atoms with Crippen LogP contribution in [-0.2, 0) is 0 Å². The largest absolute Gasteiger partial charge is 0.396 e. The molecule has 0 aromatic rings. The molecule has 3 heteroatoms. The van der Waals surface area contributed by atoms with Crippen molar-refractivity contribution in [1.29, 1.82) is 0 Å². The third kappa shape index (κ3) is 2.92. The first kappa shape index (κ1) is 10.3. The number of rotatable bonds is 4. The summed E-state index contributed by atoms with van der Waals surface area (Å²) in [5.41, 5.74) is 0. The molecule has 1 fully saturated rings. The van der Waals surface area contributed by atoms with E-state index in [0.29, 0.717) is 18.4 Å². The molecule has 2 nitrogen and oxygen atoms in total. The van der Waals surface area contributed by atoms with Crippen LogP contribution in [0.1, 0.15) is 13.3 Å². The molecule has 1 heterocycles. The van der Waals surface area contributed by atoms with Crippen molar-refractivity contribution in [2.45, 2.75) is 13.3 Å². The molecule has 0 bridgehead atoms. The van der Waals surface area contributed by atoms with Gasteiger partial charge in [0.15, 0.2) is 0 Å². The second kappa shape index (κ2) is 5.05. The Labute approximate surface area is 79.5 Å². The standard InChI is InChI=1S/C9H18ClNO/c1-8(4-10)5-11-3-2-9(6-11)7-12/h8-9,12H,2-7H2,1H3. The van der Waals surface area contributed by atoms with Gasteiger partial charge in [-0.05, 0) is 24.8 Å². The summed E-state index contributed by atoms with van der Waals surface area (Å²) in [6.45, 7) is 5.77. The topological polar surface area (TPSA) is 23.5 Å². The highest BCUT2D eigenvalue weighted by atomic mass is 35.5. The fourth-order valence-electron chi connectivity index (χ4n) is 1.72. The molecule has 0 aromatic carbocycles. The van der Waals surface area contributed by atoms with Crippen molar-refractivity contribution in [3.63, 3.8) is 0 Å². The number of aliphatic hydroxyl groups excluding tert-OH is 1. The molecule has 0 saturated carbocycles. The van der Waals surface area contributed by atoms with Crippen LogP contribution >= 0.6 is 11.6 Å². The first-order valence-corrected chi connectivity index (χ1v) is 5.19. The van der Waals surface area contributed by atoms with Crippen LogP contribution in [0.3, 0.4) is 0 Å². The van der Waals surface area contributed by atoms with E-state index < -0.39 is 0 Å². The molecule has 1 aliphatic heterocycles. The summed E-state index contributed by atoms with van der Waals surface area (Å²) in [7, 11) is 0. The maximum absolute atomic E-state index is 8.92. The molecule has 1 saturated heterocycles. The number of hydrogen-bond acceptors (Lipinski definition) is 2. The van der Waals surface area contributed by atoms with Gasteiger partial charge < -0.3 is 10.0 Å². The van der Waals surface area contributed by atoms with E-state index in [-0.39, 0.29) is 0 Å². The molecule has 1 rings (SSSR count). The van der Waals surface area contributed by atoms with Crippen molar-refractivity contribution in [3.8, 4) is 0 Å². The molecule has 0 aromatic heterocycles. The molecule has 12 heavy (non-hydrogen) atoms. The molecule has 2 atom stereocenters. The van der Waals surface area contributed by atoms with Gasteiger partial charge in [-0.2, -0.15) is 0 Å². The zero-order valence-corrected chi connectivity index (χ0v) is 8.43. The number of aliphatic hydroxyl groups is 1. The maximum Gasteiger partial charge on any atom is 0.0471 e. The Morgan fingerprint density at radius 2 is 2.42 bits per heavy atom. The highest BCUT2D eigenvalue weighted by Crippen LogP contribution is 2.16. The van der Waals surface area contributed by atoms with E-state index in [4.69, 9.17) is 16.7 Å². The zero-order valence-electron chi connectivity index (χ0n) is 7.67. The van der Waals surface area contributed by atoms with Crippen molar-refractivity contribution < 1.29 is 5.11 Å². The molecular formula is C9H18ClNO. The second-order valence-electron chi connectivity index (χ2n) is 3.86. The summed E-state index contributed by atoms with van der Waals surface area (Å²) < 4.78 is 0.